The van der Waals surface area contributed by atoms with Crippen molar-refractivity contribution < 1.29 is 9.90 Å². The van der Waals surface area contributed by atoms with Gasteiger partial charge in [-0.05, 0) is 49.6 Å². The van der Waals surface area contributed by atoms with E-state index in [4.69, 9.17) is 0 Å². The average molecular weight is 484 g/mol. The molecule has 0 unspecified atom stereocenters. The number of carbonyl (C=O) groups is 1. The van der Waals surface area contributed by atoms with Gasteiger partial charge in [0.15, 0.2) is 5.13 Å². The highest BCUT2D eigenvalue weighted by Crippen LogP contribution is 2.40. The molecule has 10 heteroatoms. The minimum Gasteiger partial charge on any atom is -0.390 e. The number of nitrogens with one attached hydrogen (secondary N) is 1. The predicted molar refractivity (Wildman–Crippen MR) is 130 cm³/mol. The number of amides is 2. The fourth-order valence-corrected chi connectivity index (χ4v) is 4.93. The minimum atomic E-state index is -1.05. The molecule has 9 nitrogen and oxygen atoms in total. The fourth-order valence-electron chi connectivity index (χ4n) is 3.96. The number of hydrogen-bond acceptors (Lipinski definition) is 8. The zero-order valence-electron chi connectivity index (χ0n) is 18.9. The van der Waals surface area contributed by atoms with Crippen LogP contribution in [0.15, 0.2) is 36.4 Å². The van der Waals surface area contributed by atoms with Gasteiger partial charge in [-0.25, -0.2) is 9.78 Å². The van der Waals surface area contributed by atoms with Crippen LogP contribution < -0.4 is 5.32 Å². The first-order chi connectivity index (χ1) is 16.9. The summed E-state index contributed by atoms with van der Waals surface area (Å²) < 4.78 is 0. The van der Waals surface area contributed by atoms with Crippen molar-refractivity contribution in [1.29, 1.82) is 15.8 Å². The summed E-state index contributed by atoms with van der Waals surface area (Å²) in [5, 5.41) is 40.8. The van der Waals surface area contributed by atoms with Crippen LogP contribution in [0.1, 0.15) is 29.8 Å². The monoisotopic (exact) mass is 483 g/mol. The van der Waals surface area contributed by atoms with Crippen LogP contribution in [-0.2, 0) is 6.61 Å². The maximum Gasteiger partial charge on any atom is 0.323 e. The van der Waals surface area contributed by atoms with E-state index in [1.807, 2.05) is 19.1 Å². The number of aryl methyl sites for hydroxylation is 1. The van der Waals surface area contributed by atoms with Crippen molar-refractivity contribution >= 4 is 22.5 Å². The second kappa shape index (κ2) is 9.90. The molecule has 0 aliphatic carbocycles. The number of rotatable bonds is 4. The van der Waals surface area contributed by atoms with Gasteiger partial charge in [-0.2, -0.15) is 15.8 Å². The molecule has 3 aromatic rings. The molecule has 0 atom stereocenters. The Morgan fingerprint density at radius 1 is 1.14 bits per heavy atom. The lowest BCUT2D eigenvalue weighted by molar-refractivity contribution is 0.178. The Morgan fingerprint density at radius 2 is 1.89 bits per heavy atom. The number of thiazole rings is 1. The third-order valence-electron chi connectivity index (χ3n) is 5.87. The van der Waals surface area contributed by atoms with E-state index in [1.54, 1.807) is 29.2 Å². The Kier molecular flexibility index (Phi) is 6.75. The number of aliphatic hydroxyl groups is 1. The third kappa shape index (κ3) is 4.97. The molecule has 0 spiro atoms. The van der Waals surface area contributed by atoms with Crippen LogP contribution >= 0.6 is 11.3 Å². The van der Waals surface area contributed by atoms with E-state index in [0.717, 1.165) is 21.7 Å². The molecule has 0 saturated carbocycles. The number of likely N-dealkylation sites (tertiary alicyclic amines) is 1. The largest absolute Gasteiger partial charge is 0.390 e. The predicted octanol–water partition coefficient (Wildman–Crippen LogP) is 4.21. The minimum absolute atomic E-state index is 0.210. The maximum atomic E-state index is 12.9. The number of nitriles is 3. The van der Waals surface area contributed by atoms with Gasteiger partial charge in [0.05, 0.1) is 46.6 Å². The van der Waals surface area contributed by atoms with Crippen molar-refractivity contribution in [3.63, 3.8) is 0 Å². The van der Waals surface area contributed by atoms with E-state index in [1.165, 1.54) is 11.3 Å². The highest BCUT2D eigenvalue weighted by atomic mass is 32.1. The number of piperidine rings is 1. The number of anilines is 1. The SMILES string of the molecule is Cc1cc(-c2sc(NC(=O)N3CCC(C#N)(C#N)CC3)nc2-c2cccc(C#N)c2)cc(CO)n1. The average Bonchev–Trinajstić information content (AvgIpc) is 3.32. The van der Waals surface area contributed by atoms with Gasteiger partial charge >= 0.3 is 6.03 Å². The normalized spacial score (nSPS) is 14.4. The van der Waals surface area contributed by atoms with Crippen LogP contribution in [0.2, 0.25) is 0 Å². The Balaban J connectivity index is 1.67. The van der Waals surface area contributed by atoms with E-state index < -0.39 is 5.41 Å². The van der Waals surface area contributed by atoms with E-state index in [9.17, 15) is 25.7 Å². The number of aliphatic hydroxyl groups excluding tert-OH is 1. The molecule has 2 amide bonds. The fraction of sp³-hybridized carbons (Fsp3) is 0.280. The lowest BCUT2D eigenvalue weighted by Crippen LogP contribution is -2.44. The molecule has 2 N–H and O–H groups in total. The summed E-state index contributed by atoms with van der Waals surface area (Å²) in [5.41, 5.74) is 2.80. The van der Waals surface area contributed by atoms with Crippen molar-refractivity contribution in [3.8, 4) is 39.9 Å². The Labute approximate surface area is 206 Å². The maximum absolute atomic E-state index is 12.9. The van der Waals surface area contributed by atoms with E-state index in [0.29, 0.717) is 48.0 Å². The molecular formula is C25H21N7O2S. The van der Waals surface area contributed by atoms with Crippen LogP contribution in [0.5, 0.6) is 0 Å². The van der Waals surface area contributed by atoms with E-state index >= 15 is 0 Å². The first kappa shape index (κ1) is 23.8. The Hall–Kier alpha value is -4.30. The molecule has 2 aromatic heterocycles. The van der Waals surface area contributed by atoms with E-state index in [2.05, 4.69) is 33.5 Å². The molecule has 3 heterocycles. The summed E-state index contributed by atoms with van der Waals surface area (Å²) in [6.45, 7) is 2.22. The van der Waals surface area contributed by atoms with Gasteiger partial charge in [-0.1, -0.05) is 23.5 Å². The molecule has 1 fully saturated rings. The number of nitrogens with zero attached hydrogens (tertiary/aromatic N) is 6. The lowest BCUT2D eigenvalue weighted by atomic mass is 9.81. The number of carbonyl (C=O) groups excluding carboxylic acids is 1. The number of hydrogen-bond donors (Lipinski definition) is 2. The second-order valence-corrected chi connectivity index (χ2v) is 9.26. The first-order valence-corrected chi connectivity index (χ1v) is 11.7. The van der Waals surface area contributed by atoms with E-state index in [-0.39, 0.29) is 12.6 Å². The molecule has 0 radical (unpaired) electrons. The topological polar surface area (TPSA) is 150 Å². The summed E-state index contributed by atoms with van der Waals surface area (Å²) in [6.07, 6.45) is 0.589. The molecule has 35 heavy (non-hydrogen) atoms. The molecule has 174 valence electrons. The highest BCUT2D eigenvalue weighted by molar-refractivity contribution is 7.19. The summed E-state index contributed by atoms with van der Waals surface area (Å²) in [5.74, 6) is 0. The molecule has 4 rings (SSSR count). The van der Waals surface area contributed by atoms with Gasteiger partial charge in [-0.3, -0.25) is 10.3 Å². The van der Waals surface area contributed by atoms with Crippen molar-refractivity contribution in [1.82, 2.24) is 14.9 Å². The number of urea groups is 1. The van der Waals surface area contributed by atoms with Crippen molar-refractivity contribution in [2.75, 3.05) is 18.4 Å². The van der Waals surface area contributed by atoms with Gasteiger partial charge in [0.1, 0.15) is 5.41 Å². The number of benzene rings is 1. The zero-order chi connectivity index (χ0) is 25.0. The van der Waals surface area contributed by atoms with Crippen LogP contribution in [0.4, 0.5) is 9.93 Å². The number of pyridine rings is 1. The summed E-state index contributed by atoms with van der Waals surface area (Å²) >= 11 is 1.28. The third-order valence-corrected chi connectivity index (χ3v) is 6.89. The van der Waals surface area contributed by atoms with Gasteiger partial charge in [0.25, 0.3) is 0 Å². The van der Waals surface area contributed by atoms with Crippen LogP contribution in [0.3, 0.4) is 0 Å². The summed E-state index contributed by atoms with van der Waals surface area (Å²) in [7, 11) is 0. The smallest absolute Gasteiger partial charge is 0.323 e. The second-order valence-electron chi connectivity index (χ2n) is 8.26. The van der Waals surface area contributed by atoms with Crippen molar-refractivity contribution in [3.05, 3.63) is 53.3 Å². The molecule has 1 saturated heterocycles. The molecule has 0 bridgehead atoms. The summed E-state index contributed by atoms with van der Waals surface area (Å²) in [6, 6.07) is 16.6. The quantitative estimate of drug-likeness (QED) is 0.564. The first-order valence-electron chi connectivity index (χ1n) is 10.9. The van der Waals surface area contributed by atoms with Crippen LogP contribution in [0.25, 0.3) is 21.7 Å². The molecule has 1 aliphatic heterocycles. The Morgan fingerprint density at radius 3 is 2.54 bits per heavy atom. The lowest BCUT2D eigenvalue weighted by Gasteiger charge is -2.32. The Bertz CT molecular complexity index is 1390. The zero-order valence-corrected chi connectivity index (χ0v) is 19.8. The van der Waals surface area contributed by atoms with Crippen molar-refractivity contribution in [2.45, 2.75) is 26.4 Å². The van der Waals surface area contributed by atoms with Gasteiger partial charge in [-0.15, -0.1) is 0 Å². The van der Waals surface area contributed by atoms with Gasteiger partial charge in [0, 0.05) is 24.3 Å². The van der Waals surface area contributed by atoms with Crippen LogP contribution in [0, 0.1) is 46.3 Å². The molecule has 1 aliphatic rings. The van der Waals surface area contributed by atoms with Gasteiger partial charge in [0.2, 0.25) is 0 Å². The summed E-state index contributed by atoms with van der Waals surface area (Å²) in [4.78, 5) is 24.3. The van der Waals surface area contributed by atoms with Crippen molar-refractivity contribution in [2.24, 2.45) is 5.41 Å². The molecule has 1 aromatic carbocycles. The highest BCUT2D eigenvalue weighted by Gasteiger charge is 2.36. The molecular weight excluding hydrogens is 462 g/mol. The van der Waals surface area contributed by atoms with Crippen LogP contribution in [-0.4, -0.2) is 39.1 Å². The number of aromatic nitrogens is 2. The van der Waals surface area contributed by atoms with Gasteiger partial charge < -0.3 is 10.0 Å². The standard InChI is InChI=1S/C25H21N7O2S/c1-16-9-19(11-20(13-33)29-16)22-21(18-4-2-3-17(10-18)12-26)30-23(35-22)31-24(34)32-7-5-25(14-27,15-28)6-8-32/h2-4,9-11,33H,5-8,13H2,1H3,(H,30,31,34).